The minimum Gasteiger partial charge on any atom is -0.605 e. The molecule has 0 spiro atoms. The van der Waals surface area contributed by atoms with Gasteiger partial charge in [0.1, 0.15) is 5.56 Å². The molecule has 1 aliphatic rings. The molecule has 1 aromatic carbocycles. The maximum atomic E-state index is 13.3. The normalized spacial score (nSPS) is 19.2. The number of aromatic nitrogens is 2. The number of anilines is 2. The molecule has 26 heavy (non-hydrogen) atoms. The number of rotatable bonds is 4. The average Bonchev–Trinajstić information content (AvgIpc) is 2.61. The number of alkyl halides is 3. The first-order valence-electron chi connectivity index (χ1n) is 8.04. The zero-order chi connectivity index (χ0) is 18.7. The molecule has 140 valence electrons. The number of nitrogens with two attached hydrogens (primary N) is 1. The Labute approximate surface area is 151 Å². The molecule has 0 bridgehead atoms. The number of nitrogens with zero attached hydrogens (tertiary/aromatic N) is 2. The molecule has 6 nitrogen and oxygen atoms in total. The van der Waals surface area contributed by atoms with Crippen LogP contribution in [-0.4, -0.2) is 33.7 Å². The molecule has 0 unspecified atom stereocenters. The number of hydrogen-bond donors (Lipinski definition) is 3. The Morgan fingerprint density at radius 1 is 1.31 bits per heavy atom. The van der Waals surface area contributed by atoms with Crippen molar-refractivity contribution in [1.29, 1.82) is 0 Å². The molecule has 2 atom stereocenters. The van der Waals surface area contributed by atoms with Crippen molar-refractivity contribution >= 4 is 22.8 Å². The summed E-state index contributed by atoms with van der Waals surface area (Å²) in [5.74, 6) is 0.0181. The van der Waals surface area contributed by atoms with E-state index in [1.54, 1.807) is 12.1 Å². The summed E-state index contributed by atoms with van der Waals surface area (Å²) in [4.78, 5) is 7.77. The van der Waals surface area contributed by atoms with Gasteiger partial charge in [-0.15, -0.1) is 0 Å². The molecule has 0 radical (unpaired) electrons. The van der Waals surface area contributed by atoms with E-state index >= 15 is 0 Å². The van der Waals surface area contributed by atoms with Crippen molar-refractivity contribution in [2.75, 3.05) is 24.1 Å². The molecule has 4 N–H and O–H groups in total. The summed E-state index contributed by atoms with van der Waals surface area (Å²) in [6.45, 7) is 1.56. The molecule has 1 aromatic heterocycles. The predicted molar refractivity (Wildman–Crippen MR) is 92.1 cm³/mol. The van der Waals surface area contributed by atoms with E-state index in [1.165, 1.54) is 12.1 Å². The lowest BCUT2D eigenvalue weighted by Gasteiger charge is -2.24. The molecule has 0 amide bonds. The van der Waals surface area contributed by atoms with E-state index in [9.17, 15) is 17.7 Å². The van der Waals surface area contributed by atoms with Gasteiger partial charge in [0.05, 0.1) is 11.9 Å². The third-order valence-electron chi connectivity index (χ3n) is 3.98. The standard InChI is InChI=1S/C16H18F3N5OS/c17-16(18,19)11-9-22-15(23-10-4-3-7-21-8-10)24-14(11)26(25)13-6-2-1-5-12(13)20/h1-2,5-6,9-10,21H,3-4,7-8,20H2,(H,22,23,24)/t10-,26-/m0/s1. The lowest BCUT2D eigenvalue weighted by Crippen LogP contribution is -2.39. The first-order valence-corrected chi connectivity index (χ1v) is 9.19. The Morgan fingerprint density at radius 3 is 2.73 bits per heavy atom. The van der Waals surface area contributed by atoms with E-state index in [0.29, 0.717) is 12.7 Å². The second kappa shape index (κ2) is 7.68. The minimum atomic E-state index is -4.72. The van der Waals surface area contributed by atoms with Crippen LogP contribution >= 0.6 is 0 Å². The second-order valence-corrected chi connectivity index (χ2v) is 7.27. The van der Waals surface area contributed by atoms with Crippen LogP contribution in [0.25, 0.3) is 0 Å². The Kier molecular flexibility index (Phi) is 5.54. The molecule has 1 aliphatic heterocycles. The fourth-order valence-electron chi connectivity index (χ4n) is 2.68. The zero-order valence-corrected chi connectivity index (χ0v) is 14.5. The topological polar surface area (TPSA) is 98.9 Å². The highest BCUT2D eigenvalue weighted by Crippen LogP contribution is 2.36. The molecule has 2 heterocycles. The maximum absolute atomic E-state index is 13.3. The highest BCUT2D eigenvalue weighted by Gasteiger charge is 2.41. The lowest BCUT2D eigenvalue weighted by molar-refractivity contribution is -0.140. The number of para-hydroxylation sites is 1. The van der Waals surface area contributed by atoms with Crippen molar-refractivity contribution < 1.29 is 17.7 Å². The quantitative estimate of drug-likeness (QED) is 0.425. The van der Waals surface area contributed by atoms with Gasteiger partial charge in [-0.05, 0) is 31.5 Å². The van der Waals surface area contributed by atoms with Crippen molar-refractivity contribution in [3.05, 3.63) is 36.0 Å². The molecule has 1 fully saturated rings. The highest BCUT2D eigenvalue weighted by molar-refractivity contribution is 7.91. The van der Waals surface area contributed by atoms with Gasteiger partial charge in [0.15, 0.2) is 4.90 Å². The van der Waals surface area contributed by atoms with Crippen molar-refractivity contribution in [2.45, 2.75) is 35.0 Å². The first kappa shape index (κ1) is 18.7. The van der Waals surface area contributed by atoms with Crippen molar-refractivity contribution in [3.8, 4) is 0 Å². The van der Waals surface area contributed by atoms with Crippen LogP contribution in [0.2, 0.25) is 0 Å². The number of benzene rings is 1. The molecular formula is C16H18F3N5OS. The van der Waals surface area contributed by atoms with Crippen molar-refractivity contribution in [3.63, 3.8) is 0 Å². The summed E-state index contributed by atoms with van der Waals surface area (Å²) >= 11 is -2.18. The molecule has 2 aromatic rings. The van der Waals surface area contributed by atoms with Crippen LogP contribution in [0.4, 0.5) is 24.8 Å². The number of hydrogen-bond acceptors (Lipinski definition) is 6. The third-order valence-corrected chi connectivity index (χ3v) is 5.42. The van der Waals surface area contributed by atoms with Crippen molar-refractivity contribution in [2.24, 2.45) is 0 Å². The van der Waals surface area contributed by atoms with E-state index in [-0.39, 0.29) is 22.6 Å². The Morgan fingerprint density at radius 2 is 2.08 bits per heavy atom. The maximum Gasteiger partial charge on any atom is 0.424 e. The van der Waals surface area contributed by atoms with Crippen LogP contribution in [0.15, 0.2) is 40.4 Å². The largest absolute Gasteiger partial charge is 0.605 e. The predicted octanol–water partition coefficient (Wildman–Crippen LogP) is 2.41. The minimum absolute atomic E-state index is 0.00330. The fourth-order valence-corrected chi connectivity index (χ4v) is 3.91. The number of halogens is 3. The van der Waals surface area contributed by atoms with Gasteiger partial charge in [0.2, 0.25) is 5.95 Å². The summed E-state index contributed by atoms with van der Waals surface area (Å²) in [6.07, 6.45) is -2.27. The summed E-state index contributed by atoms with van der Waals surface area (Å²) in [7, 11) is 0. The van der Waals surface area contributed by atoms with Crippen LogP contribution in [0, 0.1) is 0 Å². The van der Waals surface area contributed by atoms with Gasteiger partial charge in [0.25, 0.3) is 5.03 Å². The first-order chi connectivity index (χ1) is 12.4. The van der Waals surface area contributed by atoms with E-state index in [2.05, 4.69) is 20.6 Å². The number of nitrogen functional groups attached to an aromatic ring is 1. The van der Waals surface area contributed by atoms with Gasteiger partial charge >= 0.3 is 6.18 Å². The third kappa shape index (κ3) is 4.19. The summed E-state index contributed by atoms with van der Waals surface area (Å²) in [6, 6.07) is 6.08. The van der Waals surface area contributed by atoms with Gasteiger partial charge in [0, 0.05) is 23.8 Å². The van der Waals surface area contributed by atoms with Crippen LogP contribution in [-0.2, 0) is 17.4 Å². The monoisotopic (exact) mass is 385 g/mol. The van der Waals surface area contributed by atoms with Gasteiger partial charge in [-0.25, -0.2) is 4.98 Å². The molecule has 0 aliphatic carbocycles. The van der Waals surface area contributed by atoms with E-state index in [1.807, 2.05) is 0 Å². The number of piperidine rings is 1. The van der Waals surface area contributed by atoms with Crippen LogP contribution in [0.5, 0.6) is 0 Å². The molecular weight excluding hydrogens is 367 g/mol. The summed E-state index contributed by atoms with van der Waals surface area (Å²) in [5, 5.41) is 5.59. The van der Waals surface area contributed by atoms with Gasteiger partial charge in [-0.3, -0.25) is 0 Å². The molecule has 10 heteroatoms. The zero-order valence-electron chi connectivity index (χ0n) is 13.7. The Hall–Kier alpha value is -2.04. The SMILES string of the molecule is Nc1ccccc1[S@+]([O-])c1nc(N[C@H]2CCCNC2)ncc1C(F)(F)F. The smallest absolute Gasteiger partial charge is 0.424 e. The van der Waals surface area contributed by atoms with Gasteiger partial charge in [-0.2, -0.15) is 18.2 Å². The van der Waals surface area contributed by atoms with Gasteiger partial charge < -0.3 is 20.9 Å². The average molecular weight is 385 g/mol. The lowest BCUT2D eigenvalue weighted by atomic mass is 10.1. The molecule has 0 saturated carbocycles. The van der Waals surface area contributed by atoms with E-state index in [4.69, 9.17) is 5.73 Å². The van der Waals surface area contributed by atoms with E-state index < -0.39 is 27.9 Å². The molecule has 3 rings (SSSR count). The van der Waals surface area contributed by atoms with Crippen LogP contribution in [0.1, 0.15) is 18.4 Å². The second-order valence-electron chi connectivity index (χ2n) is 5.90. The van der Waals surface area contributed by atoms with Gasteiger partial charge in [-0.1, -0.05) is 12.1 Å². The van der Waals surface area contributed by atoms with Crippen molar-refractivity contribution in [1.82, 2.24) is 15.3 Å². The summed E-state index contributed by atoms with van der Waals surface area (Å²) in [5.41, 5.74) is 4.77. The highest BCUT2D eigenvalue weighted by atomic mass is 32.2. The number of nitrogens with one attached hydrogen (secondary N) is 2. The Bertz CT molecular complexity index is 768. The fraction of sp³-hybridized carbons (Fsp3) is 0.375. The molecule has 1 saturated heterocycles. The van der Waals surface area contributed by atoms with Crippen LogP contribution < -0.4 is 16.4 Å². The van der Waals surface area contributed by atoms with E-state index in [0.717, 1.165) is 19.4 Å². The Balaban J connectivity index is 1.96. The van der Waals surface area contributed by atoms with Crippen LogP contribution in [0.3, 0.4) is 0 Å². The summed E-state index contributed by atoms with van der Waals surface area (Å²) < 4.78 is 52.8.